The molecule has 0 radical (unpaired) electrons. The molecule has 9 heteroatoms. The predicted octanol–water partition coefficient (Wildman–Crippen LogP) is 3.37. The lowest BCUT2D eigenvalue weighted by molar-refractivity contribution is -0.274. The van der Waals surface area contributed by atoms with Crippen molar-refractivity contribution in [3.63, 3.8) is 0 Å². The van der Waals surface area contributed by atoms with Crippen LogP contribution in [0.3, 0.4) is 0 Å². The zero-order valence-corrected chi connectivity index (χ0v) is 13.7. The molecule has 26 heavy (non-hydrogen) atoms. The first kappa shape index (κ1) is 19.1. The highest BCUT2D eigenvalue weighted by atomic mass is 19.4. The molecule has 2 rings (SSSR count). The Kier molecular flexibility index (Phi) is 5.71. The summed E-state index contributed by atoms with van der Waals surface area (Å²) in [5.41, 5.74) is 1.30. The number of carbonyl (C=O) groups is 2. The average Bonchev–Trinajstić information content (AvgIpc) is 2.60. The monoisotopic (exact) mass is 369 g/mol. The van der Waals surface area contributed by atoms with Crippen LogP contribution in [0.2, 0.25) is 0 Å². The summed E-state index contributed by atoms with van der Waals surface area (Å²) in [6, 6.07) is 9.69. The summed E-state index contributed by atoms with van der Waals surface area (Å²) in [5, 5.41) is 2.35. The summed E-state index contributed by atoms with van der Waals surface area (Å²) >= 11 is 0. The van der Waals surface area contributed by atoms with Gasteiger partial charge >= 0.3 is 18.2 Å². The number of anilines is 1. The van der Waals surface area contributed by atoms with Crippen molar-refractivity contribution in [2.24, 2.45) is 0 Å². The lowest BCUT2D eigenvalue weighted by Crippen LogP contribution is -2.23. The normalized spacial score (nSPS) is 10.8. The van der Waals surface area contributed by atoms with Gasteiger partial charge in [-0.25, -0.2) is 4.79 Å². The summed E-state index contributed by atoms with van der Waals surface area (Å²) in [4.78, 5) is 22.8. The number of ether oxygens (including phenoxy) is 3. The molecular formula is C17H14F3NO5. The molecule has 0 aliphatic carbocycles. The number of hydrogen-bond donors (Lipinski definition) is 1. The van der Waals surface area contributed by atoms with E-state index in [0.29, 0.717) is 16.9 Å². The maximum Gasteiger partial charge on any atom is 0.573 e. The zero-order valence-electron chi connectivity index (χ0n) is 13.7. The Bertz CT molecular complexity index is 803. The Morgan fingerprint density at radius 2 is 1.65 bits per heavy atom. The van der Waals surface area contributed by atoms with Crippen molar-refractivity contribution >= 4 is 17.6 Å². The van der Waals surface area contributed by atoms with Gasteiger partial charge in [-0.3, -0.25) is 4.79 Å². The first-order chi connectivity index (χ1) is 12.2. The Labute approximate surface area is 146 Å². The maximum absolute atomic E-state index is 12.2. The molecule has 2 aromatic rings. The van der Waals surface area contributed by atoms with E-state index < -0.39 is 18.2 Å². The van der Waals surface area contributed by atoms with Gasteiger partial charge in [0.25, 0.3) is 0 Å². The van der Waals surface area contributed by atoms with Crippen molar-refractivity contribution < 1.29 is 37.0 Å². The molecule has 0 heterocycles. The Morgan fingerprint density at radius 1 is 1.00 bits per heavy atom. The van der Waals surface area contributed by atoms with Gasteiger partial charge in [-0.15, -0.1) is 13.2 Å². The van der Waals surface area contributed by atoms with Crippen LogP contribution >= 0.6 is 0 Å². The van der Waals surface area contributed by atoms with Gasteiger partial charge in [0, 0.05) is 11.3 Å². The number of alkyl halides is 3. The van der Waals surface area contributed by atoms with Crippen molar-refractivity contribution in [3.05, 3.63) is 42.5 Å². The molecule has 138 valence electrons. The molecule has 0 saturated carbocycles. The van der Waals surface area contributed by atoms with Gasteiger partial charge in [-0.2, -0.15) is 0 Å². The van der Waals surface area contributed by atoms with Gasteiger partial charge < -0.3 is 19.5 Å². The van der Waals surface area contributed by atoms with E-state index in [0.717, 1.165) is 19.2 Å². The molecule has 0 saturated heterocycles. The van der Waals surface area contributed by atoms with Gasteiger partial charge in [0.15, 0.2) is 0 Å². The zero-order chi connectivity index (χ0) is 19.3. The highest BCUT2D eigenvalue weighted by Crippen LogP contribution is 2.34. The van der Waals surface area contributed by atoms with E-state index >= 15 is 0 Å². The summed E-state index contributed by atoms with van der Waals surface area (Å²) in [7, 11) is 2.50. The molecule has 0 aromatic heterocycles. The van der Waals surface area contributed by atoms with Crippen molar-refractivity contribution in [1.82, 2.24) is 0 Å². The topological polar surface area (TPSA) is 73.9 Å². The first-order valence-corrected chi connectivity index (χ1v) is 7.17. The van der Waals surface area contributed by atoms with Gasteiger partial charge in [0.1, 0.15) is 11.5 Å². The van der Waals surface area contributed by atoms with Gasteiger partial charge in [-0.05, 0) is 35.9 Å². The highest BCUT2D eigenvalue weighted by molar-refractivity contribution is 6.37. The molecule has 0 bridgehead atoms. The summed E-state index contributed by atoms with van der Waals surface area (Å²) in [6.45, 7) is 0. The van der Waals surface area contributed by atoms with E-state index in [2.05, 4.69) is 14.8 Å². The van der Waals surface area contributed by atoms with E-state index in [1.807, 2.05) is 0 Å². The number of rotatable bonds is 4. The minimum absolute atomic E-state index is 0.284. The number of esters is 1. The summed E-state index contributed by atoms with van der Waals surface area (Å²) < 4.78 is 50.1. The van der Waals surface area contributed by atoms with Gasteiger partial charge in [0.2, 0.25) is 0 Å². The molecule has 0 fully saturated rings. The molecule has 2 aromatic carbocycles. The smallest absolute Gasteiger partial charge is 0.496 e. The van der Waals surface area contributed by atoms with Crippen molar-refractivity contribution in [2.75, 3.05) is 19.5 Å². The third-order valence-electron chi connectivity index (χ3n) is 3.23. The first-order valence-electron chi connectivity index (χ1n) is 7.17. The average molecular weight is 369 g/mol. The minimum atomic E-state index is -4.78. The maximum atomic E-state index is 12.2. The lowest BCUT2D eigenvalue weighted by Gasteiger charge is -2.13. The molecule has 6 nitrogen and oxygen atoms in total. The second-order valence-corrected chi connectivity index (χ2v) is 4.93. The molecule has 0 aliphatic heterocycles. The van der Waals surface area contributed by atoms with E-state index in [-0.39, 0.29) is 11.4 Å². The fraction of sp³-hybridized carbons (Fsp3) is 0.176. The van der Waals surface area contributed by atoms with Crippen LogP contribution in [0.1, 0.15) is 0 Å². The van der Waals surface area contributed by atoms with E-state index in [1.54, 1.807) is 6.07 Å². The van der Waals surface area contributed by atoms with Crippen LogP contribution in [-0.2, 0) is 14.3 Å². The van der Waals surface area contributed by atoms with Crippen LogP contribution < -0.4 is 14.8 Å². The van der Waals surface area contributed by atoms with Crippen LogP contribution in [0, 0.1) is 0 Å². The number of benzene rings is 2. The predicted molar refractivity (Wildman–Crippen MR) is 85.8 cm³/mol. The molecule has 0 atom stereocenters. The van der Waals surface area contributed by atoms with E-state index in [1.165, 1.54) is 31.4 Å². The van der Waals surface area contributed by atoms with Crippen LogP contribution in [0.4, 0.5) is 18.9 Å². The number of carbonyl (C=O) groups excluding carboxylic acids is 2. The lowest BCUT2D eigenvalue weighted by atomic mass is 10.0. The quantitative estimate of drug-likeness (QED) is 0.661. The highest BCUT2D eigenvalue weighted by Gasteiger charge is 2.31. The van der Waals surface area contributed by atoms with Gasteiger partial charge in [-0.1, -0.05) is 12.1 Å². The molecule has 0 unspecified atom stereocenters. The number of methoxy groups -OCH3 is 2. The van der Waals surface area contributed by atoms with Crippen LogP contribution in [0.15, 0.2) is 42.5 Å². The third-order valence-corrected chi connectivity index (χ3v) is 3.23. The summed E-state index contributed by atoms with van der Waals surface area (Å²) in [6.07, 6.45) is -4.78. The van der Waals surface area contributed by atoms with Crippen molar-refractivity contribution in [1.29, 1.82) is 0 Å². The Balaban J connectivity index is 2.31. The SMILES string of the molecule is COC(=O)C(=O)Nc1ccc(OC)c(-c2ccc(OC(F)(F)F)cc2)c1. The fourth-order valence-electron chi connectivity index (χ4n) is 2.12. The molecular weight excluding hydrogens is 355 g/mol. The number of amides is 1. The standard InChI is InChI=1S/C17H14F3NO5/c1-24-14-8-5-11(21-15(22)16(23)25-2)9-13(14)10-3-6-12(7-4-10)26-17(18,19)20/h3-9H,1-2H3,(H,21,22). The second-order valence-electron chi connectivity index (χ2n) is 4.93. The van der Waals surface area contributed by atoms with Crippen LogP contribution in [0.25, 0.3) is 11.1 Å². The minimum Gasteiger partial charge on any atom is -0.496 e. The second kappa shape index (κ2) is 7.77. The number of nitrogens with one attached hydrogen (secondary N) is 1. The number of hydrogen-bond acceptors (Lipinski definition) is 5. The number of halogens is 3. The Hall–Kier alpha value is -3.23. The third kappa shape index (κ3) is 4.88. The van der Waals surface area contributed by atoms with Crippen LogP contribution in [0.5, 0.6) is 11.5 Å². The van der Waals surface area contributed by atoms with E-state index in [9.17, 15) is 22.8 Å². The van der Waals surface area contributed by atoms with E-state index in [4.69, 9.17) is 4.74 Å². The van der Waals surface area contributed by atoms with Crippen molar-refractivity contribution in [2.45, 2.75) is 6.36 Å². The molecule has 0 aliphatic rings. The van der Waals surface area contributed by atoms with Crippen LogP contribution in [-0.4, -0.2) is 32.5 Å². The van der Waals surface area contributed by atoms with Crippen molar-refractivity contribution in [3.8, 4) is 22.6 Å². The summed E-state index contributed by atoms with van der Waals surface area (Å²) in [5.74, 6) is -1.96. The largest absolute Gasteiger partial charge is 0.573 e. The molecule has 1 amide bonds. The molecule has 0 spiro atoms. The fourth-order valence-corrected chi connectivity index (χ4v) is 2.12. The Morgan fingerprint density at radius 3 is 2.19 bits per heavy atom. The molecule has 1 N–H and O–H groups in total. The van der Waals surface area contributed by atoms with Gasteiger partial charge in [0.05, 0.1) is 14.2 Å².